The predicted molar refractivity (Wildman–Crippen MR) is 69.9 cm³/mol. The van der Waals surface area contributed by atoms with Crippen molar-refractivity contribution in [3.8, 4) is 9.88 Å². The van der Waals surface area contributed by atoms with Gasteiger partial charge in [-0.2, -0.15) is 0 Å². The van der Waals surface area contributed by atoms with Gasteiger partial charge in [0.2, 0.25) is 5.13 Å². The number of nitrogens with zero attached hydrogens (tertiary/aromatic N) is 4. The van der Waals surface area contributed by atoms with Crippen LogP contribution < -0.4 is 5.73 Å². The summed E-state index contributed by atoms with van der Waals surface area (Å²) < 4.78 is 0. The lowest BCUT2D eigenvalue weighted by Gasteiger charge is -2.11. The molecular formula is C10H13N5S2. The van der Waals surface area contributed by atoms with E-state index in [4.69, 9.17) is 5.73 Å². The molecule has 0 amide bonds. The van der Waals surface area contributed by atoms with Crippen molar-refractivity contribution in [2.75, 3.05) is 18.8 Å². The summed E-state index contributed by atoms with van der Waals surface area (Å²) in [6.45, 7) is 3.35. The van der Waals surface area contributed by atoms with Crippen LogP contribution >= 0.6 is 22.7 Å². The van der Waals surface area contributed by atoms with Crippen molar-refractivity contribution >= 4 is 27.8 Å². The minimum Gasteiger partial charge on any atom is -0.374 e. The molecule has 7 heteroatoms. The van der Waals surface area contributed by atoms with Crippen molar-refractivity contribution < 1.29 is 0 Å². The first-order valence-corrected chi connectivity index (χ1v) is 7.21. The van der Waals surface area contributed by atoms with Crippen LogP contribution in [0.2, 0.25) is 0 Å². The molecule has 1 fully saturated rings. The molecule has 0 spiro atoms. The first kappa shape index (κ1) is 11.1. The standard InChI is InChI=1S/C10H13N5S2/c11-10-14-13-9(17-10)7-5-12-8(16-7)6-15-3-1-2-4-15/h5H,1-4,6H2,(H2,11,14). The van der Waals surface area contributed by atoms with Gasteiger partial charge in [0.05, 0.1) is 11.4 Å². The SMILES string of the molecule is Nc1nnc(-c2cnc(CN3CCCC3)s2)s1. The van der Waals surface area contributed by atoms with E-state index in [-0.39, 0.29) is 0 Å². The smallest absolute Gasteiger partial charge is 0.203 e. The van der Waals surface area contributed by atoms with Crippen LogP contribution in [-0.2, 0) is 6.54 Å². The van der Waals surface area contributed by atoms with Crippen LogP contribution in [0.5, 0.6) is 0 Å². The van der Waals surface area contributed by atoms with E-state index in [2.05, 4.69) is 20.1 Å². The number of hydrogen-bond donors (Lipinski definition) is 1. The van der Waals surface area contributed by atoms with E-state index in [1.165, 1.54) is 37.3 Å². The van der Waals surface area contributed by atoms with E-state index in [1.54, 1.807) is 11.3 Å². The Bertz CT molecular complexity index is 500. The van der Waals surface area contributed by atoms with Crippen LogP contribution in [0.1, 0.15) is 17.8 Å². The molecule has 0 unspecified atom stereocenters. The quantitative estimate of drug-likeness (QED) is 0.919. The van der Waals surface area contributed by atoms with Gasteiger partial charge >= 0.3 is 0 Å². The molecule has 1 saturated heterocycles. The van der Waals surface area contributed by atoms with E-state index in [0.717, 1.165) is 21.4 Å². The van der Waals surface area contributed by atoms with Crippen molar-refractivity contribution in [2.24, 2.45) is 0 Å². The zero-order valence-corrected chi connectivity index (χ0v) is 10.9. The number of rotatable bonds is 3. The fourth-order valence-electron chi connectivity index (χ4n) is 1.95. The zero-order valence-electron chi connectivity index (χ0n) is 9.30. The molecule has 1 aliphatic rings. The van der Waals surface area contributed by atoms with Crippen molar-refractivity contribution in [1.29, 1.82) is 0 Å². The fourth-order valence-corrected chi connectivity index (χ4v) is 3.55. The Hall–Kier alpha value is -1.05. The van der Waals surface area contributed by atoms with Crippen molar-refractivity contribution in [3.63, 3.8) is 0 Å². The topological polar surface area (TPSA) is 67.9 Å². The summed E-state index contributed by atoms with van der Waals surface area (Å²) in [7, 11) is 0. The number of aromatic nitrogens is 3. The second-order valence-electron chi connectivity index (χ2n) is 4.05. The Morgan fingerprint density at radius 2 is 2.06 bits per heavy atom. The summed E-state index contributed by atoms with van der Waals surface area (Å²) in [5.41, 5.74) is 5.58. The number of hydrogen-bond acceptors (Lipinski definition) is 7. The number of nitrogen functional groups attached to an aromatic ring is 1. The van der Waals surface area contributed by atoms with E-state index < -0.39 is 0 Å². The van der Waals surface area contributed by atoms with E-state index in [9.17, 15) is 0 Å². The molecule has 3 heterocycles. The Kier molecular flexibility index (Phi) is 3.04. The molecule has 2 aromatic heterocycles. The molecule has 2 aromatic rings. The third-order valence-corrected chi connectivity index (χ3v) is 4.67. The van der Waals surface area contributed by atoms with Crippen molar-refractivity contribution in [2.45, 2.75) is 19.4 Å². The summed E-state index contributed by atoms with van der Waals surface area (Å²) in [6.07, 6.45) is 4.49. The lowest BCUT2D eigenvalue weighted by Crippen LogP contribution is -2.17. The molecule has 3 rings (SSSR count). The van der Waals surface area contributed by atoms with Crippen molar-refractivity contribution in [3.05, 3.63) is 11.2 Å². The molecule has 0 radical (unpaired) electrons. The van der Waals surface area contributed by atoms with Gasteiger partial charge in [-0.25, -0.2) is 4.98 Å². The van der Waals surface area contributed by atoms with Gasteiger partial charge in [-0.05, 0) is 25.9 Å². The van der Waals surface area contributed by atoms with Crippen molar-refractivity contribution in [1.82, 2.24) is 20.1 Å². The van der Waals surface area contributed by atoms with E-state index in [1.807, 2.05) is 6.20 Å². The van der Waals surface area contributed by atoms with Crippen LogP contribution in [0.25, 0.3) is 9.88 Å². The predicted octanol–water partition coefficient (Wildman–Crippen LogP) is 1.84. The Morgan fingerprint density at radius 1 is 1.24 bits per heavy atom. The van der Waals surface area contributed by atoms with E-state index in [0.29, 0.717) is 5.13 Å². The lowest BCUT2D eigenvalue weighted by molar-refractivity contribution is 0.331. The average molecular weight is 267 g/mol. The van der Waals surface area contributed by atoms with Crippen LogP contribution in [0, 0.1) is 0 Å². The lowest BCUT2D eigenvalue weighted by atomic mass is 10.4. The second-order valence-corrected chi connectivity index (χ2v) is 6.17. The Morgan fingerprint density at radius 3 is 2.76 bits per heavy atom. The normalized spacial score (nSPS) is 16.7. The molecule has 0 atom stereocenters. The van der Waals surface area contributed by atoms with Gasteiger partial charge in [0, 0.05) is 6.20 Å². The molecule has 17 heavy (non-hydrogen) atoms. The van der Waals surface area contributed by atoms with Crippen LogP contribution in [0.15, 0.2) is 6.20 Å². The fraction of sp³-hybridized carbons (Fsp3) is 0.500. The van der Waals surface area contributed by atoms with Gasteiger partial charge in [-0.1, -0.05) is 11.3 Å². The first-order valence-electron chi connectivity index (χ1n) is 5.58. The summed E-state index contributed by atoms with van der Waals surface area (Å²) >= 11 is 3.10. The van der Waals surface area contributed by atoms with Gasteiger partial charge in [0.1, 0.15) is 5.01 Å². The molecule has 0 bridgehead atoms. The van der Waals surface area contributed by atoms with Crippen LogP contribution in [0.3, 0.4) is 0 Å². The van der Waals surface area contributed by atoms with Gasteiger partial charge in [-0.15, -0.1) is 21.5 Å². The van der Waals surface area contributed by atoms with Gasteiger partial charge in [-0.3, -0.25) is 4.90 Å². The number of likely N-dealkylation sites (tertiary alicyclic amines) is 1. The van der Waals surface area contributed by atoms with Gasteiger partial charge < -0.3 is 5.73 Å². The summed E-state index contributed by atoms with van der Waals surface area (Å²) in [4.78, 5) is 7.95. The third-order valence-electron chi connectivity index (χ3n) is 2.76. The first-order chi connectivity index (χ1) is 8.31. The Labute approximate surface area is 107 Å². The molecule has 5 nitrogen and oxygen atoms in total. The molecule has 0 saturated carbocycles. The maximum Gasteiger partial charge on any atom is 0.203 e. The van der Waals surface area contributed by atoms with Gasteiger partial charge in [0.25, 0.3) is 0 Å². The highest BCUT2D eigenvalue weighted by Gasteiger charge is 2.15. The largest absolute Gasteiger partial charge is 0.374 e. The Balaban J connectivity index is 1.73. The summed E-state index contributed by atoms with van der Waals surface area (Å²) in [5, 5.41) is 10.4. The van der Waals surface area contributed by atoms with E-state index >= 15 is 0 Å². The highest BCUT2D eigenvalue weighted by atomic mass is 32.1. The minimum absolute atomic E-state index is 0.509. The average Bonchev–Trinajstić information content (AvgIpc) is 2.99. The second kappa shape index (κ2) is 4.67. The number of thiazole rings is 1. The van der Waals surface area contributed by atoms with Crippen LogP contribution in [-0.4, -0.2) is 33.2 Å². The highest BCUT2D eigenvalue weighted by molar-refractivity contribution is 7.23. The molecular weight excluding hydrogens is 254 g/mol. The highest BCUT2D eigenvalue weighted by Crippen LogP contribution is 2.30. The molecule has 2 N–H and O–H groups in total. The number of nitrogens with two attached hydrogens (primary N) is 1. The molecule has 1 aliphatic heterocycles. The maximum absolute atomic E-state index is 5.58. The van der Waals surface area contributed by atoms with Gasteiger partial charge in [0.15, 0.2) is 5.01 Å². The zero-order chi connectivity index (χ0) is 11.7. The third kappa shape index (κ3) is 2.46. The maximum atomic E-state index is 5.58. The summed E-state index contributed by atoms with van der Waals surface area (Å²) in [5.74, 6) is 0. The minimum atomic E-state index is 0.509. The molecule has 0 aromatic carbocycles. The molecule has 90 valence electrons. The number of anilines is 1. The van der Waals surface area contributed by atoms with Crippen LogP contribution in [0.4, 0.5) is 5.13 Å². The monoisotopic (exact) mass is 267 g/mol. The summed E-state index contributed by atoms with van der Waals surface area (Å²) in [6, 6.07) is 0. The molecule has 0 aliphatic carbocycles.